The summed E-state index contributed by atoms with van der Waals surface area (Å²) in [6.07, 6.45) is 6.57. The van der Waals surface area contributed by atoms with E-state index in [0.29, 0.717) is 6.42 Å². The van der Waals surface area contributed by atoms with E-state index in [1.807, 2.05) is 18.3 Å². The number of pyridine rings is 1. The maximum atomic E-state index is 9.35. The van der Waals surface area contributed by atoms with Crippen molar-refractivity contribution in [3.8, 4) is 23.5 Å². The standard InChI is InChI=1S/C16H15NO/c1-3-16(18)10-15-9-8-14(11-17-15)13-6-4-12(2)5-7-13/h1,4-9,11,16,18H,10H2,2H3. The molecule has 1 N–H and O–H groups in total. The Kier molecular flexibility index (Phi) is 3.76. The summed E-state index contributed by atoms with van der Waals surface area (Å²) < 4.78 is 0. The average Bonchev–Trinajstić information content (AvgIpc) is 2.40. The van der Waals surface area contributed by atoms with Gasteiger partial charge in [0.25, 0.3) is 0 Å². The molecule has 2 heteroatoms. The maximum Gasteiger partial charge on any atom is 0.120 e. The number of aliphatic hydroxyl groups is 1. The van der Waals surface area contributed by atoms with E-state index in [1.165, 1.54) is 5.56 Å². The summed E-state index contributed by atoms with van der Waals surface area (Å²) in [7, 11) is 0. The topological polar surface area (TPSA) is 33.1 Å². The Morgan fingerprint density at radius 3 is 2.39 bits per heavy atom. The van der Waals surface area contributed by atoms with Gasteiger partial charge in [-0.1, -0.05) is 41.8 Å². The number of nitrogens with zero attached hydrogens (tertiary/aromatic N) is 1. The lowest BCUT2D eigenvalue weighted by molar-refractivity contribution is 0.232. The number of aryl methyl sites for hydroxylation is 1. The van der Waals surface area contributed by atoms with Crippen molar-refractivity contribution in [1.82, 2.24) is 4.98 Å². The third-order valence-electron chi connectivity index (χ3n) is 2.80. The second kappa shape index (κ2) is 5.48. The molecule has 1 aromatic heterocycles. The average molecular weight is 237 g/mol. The molecule has 0 fully saturated rings. The van der Waals surface area contributed by atoms with Crippen LogP contribution in [-0.2, 0) is 6.42 Å². The van der Waals surface area contributed by atoms with Crippen LogP contribution >= 0.6 is 0 Å². The molecular weight excluding hydrogens is 222 g/mol. The van der Waals surface area contributed by atoms with Crippen molar-refractivity contribution >= 4 is 0 Å². The zero-order valence-electron chi connectivity index (χ0n) is 10.3. The van der Waals surface area contributed by atoms with Crippen LogP contribution in [0.1, 0.15) is 11.3 Å². The largest absolute Gasteiger partial charge is 0.380 e. The first-order valence-electron chi connectivity index (χ1n) is 5.85. The van der Waals surface area contributed by atoms with E-state index < -0.39 is 6.10 Å². The van der Waals surface area contributed by atoms with Crippen molar-refractivity contribution in [2.75, 3.05) is 0 Å². The molecule has 0 bridgehead atoms. The van der Waals surface area contributed by atoms with Gasteiger partial charge in [-0.15, -0.1) is 6.42 Å². The van der Waals surface area contributed by atoms with E-state index in [0.717, 1.165) is 16.8 Å². The van der Waals surface area contributed by atoms with Crippen LogP contribution in [0.4, 0.5) is 0 Å². The van der Waals surface area contributed by atoms with E-state index in [9.17, 15) is 5.11 Å². The Labute approximate surface area is 107 Å². The molecule has 1 unspecified atom stereocenters. The van der Waals surface area contributed by atoms with Crippen molar-refractivity contribution in [1.29, 1.82) is 0 Å². The third-order valence-corrected chi connectivity index (χ3v) is 2.80. The van der Waals surface area contributed by atoms with Crippen LogP contribution in [0.2, 0.25) is 0 Å². The quantitative estimate of drug-likeness (QED) is 0.832. The zero-order chi connectivity index (χ0) is 13.0. The monoisotopic (exact) mass is 237 g/mol. The number of terminal acetylenes is 1. The SMILES string of the molecule is C#CC(O)Cc1ccc(-c2ccc(C)cc2)cn1. The highest BCUT2D eigenvalue weighted by atomic mass is 16.3. The van der Waals surface area contributed by atoms with Gasteiger partial charge in [0.1, 0.15) is 6.10 Å². The molecule has 0 aliphatic heterocycles. The van der Waals surface area contributed by atoms with Gasteiger partial charge >= 0.3 is 0 Å². The molecule has 1 heterocycles. The summed E-state index contributed by atoms with van der Waals surface area (Å²) in [5, 5.41) is 9.35. The molecule has 0 radical (unpaired) electrons. The van der Waals surface area contributed by atoms with E-state index in [1.54, 1.807) is 0 Å². The van der Waals surface area contributed by atoms with Gasteiger partial charge in [-0.05, 0) is 18.6 Å². The maximum absolute atomic E-state index is 9.35. The zero-order valence-corrected chi connectivity index (χ0v) is 10.3. The van der Waals surface area contributed by atoms with Crippen LogP contribution in [0.3, 0.4) is 0 Å². The van der Waals surface area contributed by atoms with Gasteiger partial charge in [0.05, 0.1) is 0 Å². The van der Waals surface area contributed by atoms with Crippen molar-refractivity contribution in [3.63, 3.8) is 0 Å². The molecule has 0 spiro atoms. The smallest absolute Gasteiger partial charge is 0.120 e. The van der Waals surface area contributed by atoms with Crippen molar-refractivity contribution in [3.05, 3.63) is 53.9 Å². The molecule has 0 saturated carbocycles. The fraction of sp³-hybridized carbons (Fsp3) is 0.188. The van der Waals surface area contributed by atoms with Gasteiger partial charge in [0.15, 0.2) is 0 Å². The van der Waals surface area contributed by atoms with Gasteiger partial charge in [-0.25, -0.2) is 0 Å². The minimum absolute atomic E-state index is 0.394. The molecule has 0 saturated heterocycles. The molecule has 2 nitrogen and oxygen atoms in total. The lowest BCUT2D eigenvalue weighted by atomic mass is 10.1. The Hall–Kier alpha value is -2.11. The van der Waals surface area contributed by atoms with Crippen molar-refractivity contribution < 1.29 is 5.11 Å². The van der Waals surface area contributed by atoms with E-state index in [-0.39, 0.29) is 0 Å². The van der Waals surface area contributed by atoms with Crippen LogP contribution in [0.25, 0.3) is 11.1 Å². The van der Waals surface area contributed by atoms with Gasteiger partial charge in [0, 0.05) is 23.9 Å². The fourth-order valence-corrected chi connectivity index (χ4v) is 1.72. The molecule has 0 aliphatic rings. The molecular formula is C16H15NO. The predicted molar refractivity (Wildman–Crippen MR) is 73.0 cm³/mol. The lowest BCUT2D eigenvalue weighted by Gasteiger charge is -2.05. The van der Waals surface area contributed by atoms with Crippen LogP contribution in [0.15, 0.2) is 42.6 Å². The lowest BCUT2D eigenvalue weighted by Crippen LogP contribution is -2.07. The summed E-state index contributed by atoms with van der Waals surface area (Å²) >= 11 is 0. The first-order valence-corrected chi connectivity index (χ1v) is 5.85. The summed E-state index contributed by atoms with van der Waals surface area (Å²) in [4.78, 5) is 4.31. The molecule has 2 aromatic rings. The van der Waals surface area contributed by atoms with E-state index in [4.69, 9.17) is 6.42 Å². The Morgan fingerprint density at radius 1 is 1.17 bits per heavy atom. The van der Waals surface area contributed by atoms with Crippen LogP contribution in [0.5, 0.6) is 0 Å². The van der Waals surface area contributed by atoms with Crippen LogP contribution in [0, 0.1) is 19.3 Å². The Balaban J connectivity index is 2.17. The van der Waals surface area contributed by atoms with Crippen molar-refractivity contribution in [2.24, 2.45) is 0 Å². The number of aliphatic hydroxyl groups excluding tert-OH is 1. The molecule has 1 aromatic carbocycles. The summed E-state index contributed by atoms with van der Waals surface area (Å²) in [6.45, 7) is 2.06. The summed E-state index contributed by atoms with van der Waals surface area (Å²) in [5.74, 6) is 2.28. The predicted octanol–water partition coefficient (Wildman–Crippen LogP) is 2.59. The van der Waals surface area contributed by atoms with Gasteiger partial charge < -0.3 is 5.11 Å². The second-order valence-corrected chi connectivity index (χ2v) is 4.29. The first kappa shape index (κ1) is 12.3. The molecule has 0 aliphatic carbocycles. The normalized spacial score (nSPS) is 11.8. The Bertz CT molecular complexity index is 549. The van der Waals surface area contributed by atoms with Crippen LogP contribution in [-0.4, -0.2) is 16.2 Å². The number of rotatable bonds is 3. The van der Waals surface area contributed by atoms with Gasteiger partial charge in [-0.3, -0.25) is 4.98 Å². The number of hydrogen-bond acceptors (Lipinski definition) is 2. The molecule has 2 rings (SSSR count). The third kappa shape index (κ3) is 2.97. The molecule has 90 valence electrons. The second-order valence-electron chi connectivity index (χ2n) is 4.29. The number of hydrogen-bond donors (Lipinski definition) is 1. The van der Waals surface area contributed by atoms with Crippen LogP contribution < -0.4 is 0 Å². The summed E-state index contributed by atoms with van der Waals surface area (Å²) in [6, 6.07) is 12.2. The Morgan fingerprint density at radius 2 is 1.83 bits per heavy atom. The highest BCUT2D eigenvalue weighted by Gasteiger charge is 2.03. The molecule has 1 atom stereocenters. The highest BCUT2D eigenvalue weighted by molar-refractivity contribution is 5.62. The minimum atomic E-state index is -0.761. The fourth-order valence-electron chi connectivity index (χ4n) is 1.72. The van der Waals surface area contributed by atoms with Crippen molar-refractivity contribution in [2.45, 2.75) is 19.4 Å². The number of aromatic nitrogens is 1. The van der Waals surface area contributed by atoms with Gasteiger partial charge in [0.2, 0.25) is 0 Å². The molecule has 18 heavy (non-hydrogen) atoms. The molecule has 0 amide bonds. The van der Waals surface area contributed by atoms with E-state index >= 15 is 0 Å². The van der Waals surface area contributed by atoms with Gasteiger partial charge in [-0.2, -0.15) is 0 Å². The summed E-state index contributed by atoms with van der Waals surface area (Å²) in [5.41, 5.74) is 4.24. The first-order chi connectivity index (χ1) is 8.69. The number of benzene rings is 1. The highest BCUT2D eigenvalue weighted by Crippen LogP contribution is 2.19. The van der Waals surface area contributed by atoms with E-state index in [2.05, 4.69) is 42.1 Å². The minimum Gasteiger partial charge on any atom is -0.380 e.